The molecule has 2 aromatic rings. The Morgan fingerprint density at radius 3 is 2.69 bits per heavy atom. The second-order valence-corrected chi connectivity index (χ2v) is 8.18. The van der Waals surface area contributed by atoms with E-state index in [9.17, 15) is 20.2 Å². The zero-order valence-corrected chi connectivity index (χ0v) is 17.7. The molecule has 2 aliphatic rings. The summed E-state index contributed by atoms with van der Waals surface area (Å²) >= 11 is 6.00. The number of hydrogen-bond donors (Lipinski definition) is 1. The summed E-state index contributed by atoms with van der Waals surface area (Å²) in [6.07, 6.45) is 4.35. The van der Waals surface area contributed by atoms with Crippen LogP contribution in [0.25, 0.3) is 0 Å². The Kier molecular flexibility index (Phi) is 5.66. The number of ether oxygens (including phenoxy) is 1. The fourth-order valence-electron chi connectivity index (χ4n) is 4.56. The molecule has 0 saturated carbocycles. The summed E-state index contributed by atoms with van der Waals surface area (Å²) in [5.41, 5.74) is 5.49. The number of hydrogen-bond acceptors (Lipinski definition) is 6. The van der Waals surface area contributed by atoms with Crippen molar-refractivity contribution >= 4 is 11.6 Å². The minimum absolute atomic E-state index is 0.0201. The van der Waals surface area contributed by atoms with E-state index in [1.165, 1.54) is 12.1 Å². The maximum Gasteiger partial charge on any atom is 0.194 e. The highest BCUT2D eigenvalue weighted by Crippen LogP contribution is 2.56. The molecular weight excluding hydrogens is 431 g/mol. The Hall–Kier alpha value is -3.73. The average Bonchev–Trinajstić information content (AvgIpc) is 3.26. The number of halogens is 2. The smallest absolute Gasteiger partial charge is 0.194 e. The molecule has 0 unspecified atom stereocenters. The maximum atomic E-state index is 13.2. The first-order valence-corrected chi connectivity index (χ1v) is 10.4. The number of benzene rings is 1. The molecule has 0 amide bonds. The SMILES string of the molecule is N#CC1=C(N)C(C#N)(C#N)[C@H](c2ccc(COc3ccc(F)cc3Cl)o2)[C@H]2CCCC=C12. The van der Waals surface area contributed by atoms with Crippen molar-refractivity contribution in [3.8, 4) is 24.0 Å². The van der Waals surface area contributed by atoms with Crippen molar-refractivity contribution in [3.63, 3.8) is 0 Å². The van der Waals surface area contributed by atoms with Crippen LogP contribution in [0.4, 0.5) is 4.39 Å². The largest absolute Gasteiger partial charge is 0.484 e. The van der Waals surface area contributed by atoms with E-state index in [0.717, 1.165) is 24.5 Å². The third kappa shape index (κ3) is 3.40. The number of allylic oxidation sites excluding steroid dienone is 4. The Labute approximate surface area is 189 Å². The van der Waals surface area contributed by atoms with Gasteiger partial charge in [-0.25, -0.2) is 4.39 Å². The second-order valence-electron chi connectivity index (χ2n) is 7.77. The van der Waals surface area contributed by atoms with Gasteiger partial charge in [0.2, 0.25) is 0 Å². The maximum absolute atomic E-state index is 13.2. The van der Waals surface area contributed by atoms with Gasteiger partial charge in [0.25, 0.3) is 0 Å². The molecule has 6 nitrogen and oxygen atoms in total. The van der Waals surface area contributed by atoms with Crippen molar-refractivity contribution in [1.82, 2.24) is 0 Å². The fraction of sp³-hybridized carbons (Fsp3) is 0.292. The molecule has 0 radical (unpaired) electrons. The van der Waals surface area contributed by atoms with Crippen molar-refractivity contribution in [2.45, 2.75) is 31.8 Å². The van der Waals surface area contributed by atoms with E-state index in [4.69, 9.17) is 26.5 Å². The van der Waals surface area contributed by atoms with E-state index in [2.05, 4.69) is 18.2 Å². The molecule has 0 spiro atoms. The third-order valence-corrected chi connectivity index (χ3v) is 6.35. The number of nitrogens with zero attached hydrogens (tertiary/aromatic N) is 3. The summed E-state index contributed by atoms with van der Waals surface area (Å²) in [7, 11) is 0. The Balaban J connectivity index is 1.70. The molecule has 2 atom stereocenters. The standard InChI is InChI=1S/C24H18ClFN4O2/c25-19-9-14(26)5-7-20(19)31-11-15-6-8-21(32-15)22-17-4-2-1-3-16(17)18(10-27)23(30)24(22,12-28)13-29/h3,5-9,17,22H,1-2,4,11,30H2/t17-,22-/m0/s1. The first kappa shape index (κ1) is 21.5. The van der Waals surface area contributed by atoms with Gasteiger partial charge in [0.05, 0.1) is 34.3 Å². The van der Waals surface area contributed by atoms with E-state index in [-0.39, 0.29) is 28.8 Å². The first-order valence-electron chi connectivity index (χ1n) is 10.0. The lowest BCUT2D eigenvalue weighted by molar-refractivity contribution is 0.238. The summed E-state index contributed by atoms with van der Waals surface area (Å²) < 4.78 is 24.9. The van der Waals surface area contributed by atoms with E-state index >= 15 is 0 Å². The Morgan fingerprint density at radius 2 is 2.00 bits per heavy atom. The zero-order valence-electron chi connectivity index (χ0n) is 16.9. The van der Waals surface area contributed by atoms with Gasteiger partial charge in [-0.15, -0.1) is 0 Å². The normalized spacial score (nSPS) is 21.5. The molecule has 1 heterocycles. The van der Waals surface area contributed by atoms with E-state index in [0.29, 0.717) is 23.7 Å². The summed E-state index contributed by atoms with van der Waals surface area (Å²) in [5.74, 6) is -0.200. The molecule has 2 N–H and O–H groups in total. The molecule has 4 rings (SSSR count). The Morgan fingerprint density at radius 1 is 1.22 bits per heavy atom. The van der Waals surface area contributed by atoms with Gasteiger partial charge >= 0.3 is 0 Å². The molecule has 1 aromatic carbocycles. The fourth-order valence-corrected chi connectivity index (χ4v) is 4.78. The van der Waals surface area contributed by atoms with Crippen LogP contribution in [0.15, 0.2) is 57.7 Å². The predicted molar refractivity (Wildman–Crippen MR) is 113 cm³/mol. The third-order valence-electron chi connectivity index (χ3n) is 6.05. The molecular formula is C24H18ClFN4O2. The molecule has 160 valence electrons. The Bertz CT molecular complexity index is 1240. The first-order chi connectivity index (χ1) is 15.4. The summed E-state index contributed by atoms with van der Waals surface area (Å²) in [5, 5.41) is 29.9. The van der Waals surface area contributed by atoms with Crippen molar-refractivity contribution in [3.05, 3.63) is 75.6 Å². The highest BCUT2D eigenvalue weighted by Gasteiger charge is 2.55. The van der Waals surface area contributed by atoms with Gasteiger partial charge in [-0.2, -0.15) is 15.8 Å². The van der Waals surface area contributed by atoms with Crippen LogP contribution >= 0.6 is 11.6 Å². The summed E-state index contributed by atoms with van der Waals surface area (Å²) in [6.45, 7) is 0.0201. The number of fused-ring (bicyclic) bond motifs is 1. The molecule has 32 heavy (non-hydrogen) atoms. The van der Waals surface area contributed by atoms with Gasteiger partial charge in [0, 0.05) is 0 Å². The summed E-state index contributed by atoms with van der Waals surface area (Å²) in [6, 6.07) is 13.5. The lowest BCUT2D eigenvalue weighted by atomic mass is 9.58. The van der Waals surface area contributed by atoms with Gasteiger partial charge in [0.1, 0.15) is 35.8 Å². The van der Waals surface area contributed by atoms with Crippen LogP contribution < -0.4 is 10.5 Å². The highest BCUT2D eigenvalue weighted by molar-refractivity contribution is 6.32. The number of nitrogens with two attached hydrogens (primary N) is 1. The summed E-state index contributed by atoms with van der Waals surface area (Å²) in [4.78, 5) is 0. The van der Waals surface area contributed by atoms with E-state index in [1.54, 1.807) is 12.1 Å². The molecule has 8 heteroatoms. The minimum atomic E-state index is -1.72. The van der Waals surface area contributed by atoms with Crippen LogP contribution in [-0.2, 0) is 6.61 Å². The highest BCUT2D eigenvalue weighted by atomic mass is 35.5. The van der Waals surface area contributed by atoms with Gasteiger partial charge in [0.15, 0.2) is 5.41 Å². The van der Waals surface area contributed by atoms with E-state index in [1.807, 2.05) is 6.08 Å². The molecule has 0 fully saturated rings. The monoisotopic (exact) mass is 448 g/mol. The van der Waals surface area contributed by atoms with Crippen LogP contribution in [0.5, 0.6) is 5.75 Å². The minimum Gasteiger partial charge on any atom is -0.484 e. The number of nitriles is 3. The lowest BCUT2D eigenvalue weighted by Crippen LogP contribution is -2.42. The topological polar surface area (TPSA) is 120 Å². The molecule has 0 saturated heterocycles. The average molecular weight is 449 g/mol. The van der Waals surface area contributed by atoms with Crippen LogP contribution in [-0.4, -0.2) is 0 Å². The van der Waals surface area contributed by atoms with Crippen molar-refractivity contribution in [2.75, 3.05) is 0 Å². The van der Waals surface area contributed by atoms with E-state index < -0.39 is 17.2 Å². The second kappa shape index (κ2) is 8.42. The quantitative estimate of drug-likeness (QED) is 0.682. The van der Waals surface area contributed by atoms with Crippen molar-refractivity contribution in [2.24, 2.45) is 17.1 Å². The van der Waals surface area contributed by atoms with Gasteiger partial charge in [-0.1, -0.05) is 17.7 Å². The molecule has 0 bridgehead atoms. The molecule has 2 aliphatic carbocycles. The van der Waals surface area contributed by atoms with Crippen LogP contribution in [0.3, 0.4) is 0 Å². The molecule has 0 aliphatic heterocycles. The van der Waals surface area contributed by atoms with Crippen molar-refractivity contribution < 1.29 is 13.5 Å². The lowest BCUT2D eigenvalue weighted by Gasteiger charge is -2.42. The number of furan rings is 1. The van der Waals surface area contributed by atoms with Crippen LogP contribution in [0.2, 0.25) is 5.02 Å². The van der Waals surface area contributed by atoms with Crippen molar-refractivity contribution in [1.29, 1.82) is 15.8 Å². The van der Waals surface area contributed by atoms with Gasteiger partial charge in [-0.3, -0.25) is 0 Å². The van der Waals surface area contributed by atoms with Crippen LogP contribution in [0.1, 0.15) is 36.7 Å². The van der Waals surface area contributed by atoms with Gasteiger partial charge in [-0.05, 0) is 61.1 Å². The zero-order chi connectivity index (χ0) is 22.9. The number of rotatable bonds is 4. The molecule has 1 aromatic heterocycles. The van der Waals surface area contributed by atoms with Gasteiger partial charge < -0.3 is 14.9 Å². The van der Waals surface area contributed by atoms with Crippen LogP contribution in [0, 0.1) is 51.1 Å². The predicted octanol–water partition coefficient (Wildman–Crippen LogP) is 5.24.